The Bertz CT molecular complexity index is 369. The zero-order valence-electron chi connectivity index (χ0n) is 15.2. The molecule has 0 aromatic carbocycles. The smallest absolute Gasteiger partial charge is 0.217 e. The van der Waals surface area contributed by atoms with Crippen LogP contribution in [-0.4, -0.2) is 78.3 Å². The summed E-state index contributed by atoms with van der Waals surface area (Å²) in [5.41, 5.74) is 0. The van der Waals surface area contributed by atoms with E-state index in [1.165, 1.54) is 6.92 Å². The van der Waals surface area contributed by atoms with Gasteiger partial charge >= 0.3 is 0 Å². The quantitative estimate of drug-likeness (QED) is 0.359. The van der Waals surface area contributed by atoms with E-state index in [4.69, 9.17) is 14.2 Å². The van der Waals surface area contributed by atoms with Crippen molar-refractivity contribution < 1.29 is 34.3 Å². The number of aliphatic hydroxyl groups excluding tert-OH is 3. The highest BCUT2D eigenvalue weighted by molar-refractivity contribution is 5.73. The predicted octanol–water partition coefficient (Wildman–Crippen LogP) is -0.0663. The first kappa shape index (κ1) is 22.3. The van der Waals surface area contributed by atoms with Crippen molar-refractivity contribution in [3.05, 3.63) is 0 Å². The molecule has 0 aromatic heterocycles. The van der Waals surface area contributed by atoms with E-state index in [-0.39, 0.29) is 5.91 Å². The first-order valence-corrected chi connectivity index (χ1v) is 9.10. The summed E-state index contributed by atoms with van der Waals surface area (Å²) < 4.78 is 16.6. The van der Waals surface area contributed by atoms with E-state index < -0.39 is 37.3 Å². The molecule has 1 aliphatic rings. The molecule has 148 valence electrons. The lowest BCUT2D eigenvalue weighted by Gasteiger charge is -2.42. The topological polar surface area (TPSA) is 117 Å². The van der Waals surface area contributed by atoms with Crippen molar-refractivity contribution in [3.8, 4) is 0 Å². The van der Waals surface area contributed by atoms with Gasteiger partial charge in [0.25, 0.3) is 0 Å². The van der Waals surface area contributed by atoms with Gasteiger partial charge in [-0.15, -0.1) is 0 Å². The highest BCUT2D eigenvalue weighted by atomic mass is 16.7. The number of rotatable bonds is 12. The number of nitrogens with one attached hydrogen (secondary N) is 1. The molecule has 0 saturated carbocycles. The van der Waals surface area contributed by atoms with E-state index in [9.17, 15) is 20.1 Å². The van der Waals surface area contributed by atoms with Gasteiger partial charge in [-0.25, -0.2) is 0 Å². The molecular weight excluding hydrogens is 330 g/mol. The average molecular weight is 363 g/mol. The van der Waals surface area contributed by atoms with Crippen LogP contribution in [-0.2, 0) is 19.0 Å². The number of ether oxygens (including phenoxy) is 3. The number of amides is 1. The van der Waals surface area contributed by atoms with Crippen LogP contribution in [0.3, 0.4) is 0 Å². The summed E-state index contributed by atoms with van der Waals surface area (Å²) in [6.45, 7) is 4.90. The maximum atomic E-state index is 11.3. The summed E-state index contributed by atoms with van der Waals surface area (Å²) in [6.07, 6.45) is 0.428. The molecule has 0 spiro atoms. The molecule has 5 unspecified atom stereocenters. The van der Waals surface area contributed by atoms with Gasteiger partial charge in [0.15, 0.2) is 6.29 Å². The van der Waals surface area contributed by atoms with Crippen molar-refractivity contribution in [1.82, 2.24) is 5.32 Å². The molecule has 1 saturated heterocycles. The second-order valence-electron chi connectivity index (χ2n) is 6.33. The van der Waals surface area contributed by atoms with Crippen LogP contribution in [0, 0.1) is 0 Å². The summed E-state index contributed by atoms with van der Waals surface area (Å²) in [5.74, 6) is -0.361. The summed E-state index contributed by atoms with van der Waals surface area (Å²) in [6, 6.07) is -0.882. The highest BCUT2D eigenvalue weighted by Gasteiger charge is 2.45. The number of unbranched alkanes of at least 4 members (excludes halogenated alkanes) is 3. The van der Waals surface area contributed by atoms with Crippen LogP contribution in [0.1, 0.15) is 46.0 Å². The van der Waals surface area contributed by atoms with Crippen LogP contribution in [0.4, 0.5) is 0 Å². The van der Waals surface area contributed by atoms with Crippen LogP contribution in [0.15, 0.2) is 0 Å². The normalized spacial score (nSPS) is 29.6. The van der Waals surface area contributed by atoms with E-state index in [1.807, 2.05) is 0 Å². The molecule has 25 heavy (non-hydrogen) atoms. The maximum absolute atomic E-state index is 11.3. The largest absolute Gasteiger partial charge is 0.394 e. The van der Waals surface area contributed by atoms with Gasteiger partial charge in [0.1, 0.15) is 24.4 Å². The molecule has 0 radical (unpaired) electrons. The molecule has 0 aromatic rings. The molecule has 1 amide bonds. The standard InChI is InChI=1S/C17H33NO7/c1-3-4-8-23-9-6-5-7-10-24-17-14(18-12(2)20)16(22)15(21)13(11-19)25-17/h13-17,19,21-22H,3-11H2,1-2H3,(H,18,20). The Balaban J connectivity index is 2.33. The average Bonchev–Trinajstić information content (AvgIpc) is 2.59. The molecular formula is C17H33NO7. The number of aliphatic hydroxyl groups is 3. The minimum absolute atomic E-state index is 0.361. The Kier molecular flexibility index (Phi) is 11.2. The fourth-order valence-corrected chi connectivity index (χ4v) is 2.64. The van der Waals surface area contributed by atoms with E-state index >= 15 is 0 Å². The fraction of sp³-hybridized carbons (Fsp3) is 0.941. The fourth-order valence-electron chi connectivity index (χ4n) is 2.64. The van der Waals surface area contributed by atoms with Gasteiger partial charge in [-0.2, -0.15) is 0 Å². The monoisotopic (exact) mass is 363 g/mol. The zero-order chi connectivity index (χ0) is 18.7. The van der Waals surface area contributed by atoms with E-state index in [1.54, 1.807) is 0 Å². The Hall–Kier alpha value is -0.770. The molecule has 0 bridgehead atoms. The first-order valence-electron chi connectivity index (χ1n) is 9.10. The molecule has 4 N–H and O–H groups in total. The van der Waals surface area contributed by atoms with Gasteiger partial charge in [0.05, 0.1) is 6.61 Å². The highest BCUT2D eigenvalue weighted by Crippen LogP contribution is 2.22. The van der Waals surface area contributed by atoms with Crippen molar-refractivity contribution in [3.63, 3.8) is 0 Å². The van der Waals surface area contributed by atoms with Crippen molar-refractivity contribution in [1.29, 1.82) is 0 Å². The Morgan fingerprint density at radius 3 is 2.40 bits per heavy atom. The summed E-state index contributed by atoms with van der Waals surface area (Å²) in [4.78, 5) is 11.3. The Labute approximate surface area is 149 Å². The van der Waals surface area contributed by atoms with Crippen molar-refractivity contribution >= 4 is 5.91 Å². The first-order chi connectivity index (χ1) is 12.0. The Morgan fingerprint density at radius 2 is 1.76 bits per heavy atom. The number of carbonyl (C=O) groups is 1. The number of carbonyl (C=O) groups excluding carboxylic acids is 1. The molecule has 8 nitrogen and oxygen atoms in total. The molecule has 1 aliphatic heterocycles. The third kappa shape index (κ3) is 7.98. The van der Waals surface area contributed by atoms with Gasteiger partial charge in [-0.05, 0) is 25.7 Å². The van der Waals surface area contributed by atoms with Crippen LogP contribution in [0.5, 0.6) is 0 Å². The summed E-state index contributed by atoms with van der Waals surface area (Å²) in [7, 11) is 0. The lowest BCUT2D eigenvalue weighted by atomic mass is 9.97. The van der Waals surface area contributed by atoms with Gasteiger partial charge in [-0.1, -0.05) is 13.3 Å². The lowest BCUT2D eigenvalue weighted by Crippen LogP contribution is -2.64. The van der Waals surface area contributed by atoms with Crippen LogP contribution >= 0.6 is 0 Å². The third-order valence-corrected chi connectivity index (χ3v) is 4.11. The van der Waals surface area contributed by atoms with E-state index in [0.29, 0.717) is 6.61 Å². The lowest BCUT2D eigenvalue weighted by molar-refractivity contribution is -0.270. The molecule has 8 heteroatoms. The third-order valence-electron chi connectivity index (χ3n) is 4.11. The van der Waals surface area contributed by atoms with Crippen molar-refractivity contribution in [2.45, 2.75) is 76.6 Å². The van der Waals surface area contributed by atoms with Crippen LogP contribution in [0.2, 0.25) is 0 Å². The molecule has 1 heterocycles. The predicted molar refractivity (Wildman–Crippen MR) is 90.9 cm³/mol. The minimum atomic E-state index is -1.29. The van der Waals surface area contributed by atoms with Crippen molar-refractivity contribution in [2.75, 3.05) is 26.4 Å². The number of hydrogen-bond donors (Lipinski definition) is 4. The molecule has 0 aliphatic carbocycles. The van der Waals surface area contributed by atoms with Gasteiger partial charge < -0.3 is 34.8 Å². The summed E-state index contributed by atoms with van der Waals surface area (Å²) >= 11 is 0. The zero-order valence-corrected chi connectivity index (χ0v) is 15.2. The van der Waals surface area contributed by atoms with E-state index in [2.05, 4.69) is 12.2 Å². The number of hydrogen-bond acceptors (Lipinski definition) is 7. The van der Waals surface area contributed by atoms with Gasteiger partial charge in [0.2, 0.25) is 5.91 Å². The maximum Gasteiger partial charge on any atom is 0.217 e. The minimum Gasteiger partial charge on any atom is -0.394 e. The second-order valence-corrected chi connectivity index (χ2v) is 6.33. The SMILES string of the molecule is CCCCOCCCCCOC1OC(CO)C(O)C(O)C1NC(C)=O. The summed E-state index contributed by atoms with van der Waals surface area (Å²) in [5, 5.41) is 31.8. The second kappa shape index (κ2) is 12.6. The van der Waals surface area contributed by atoms with Gasteiger partial charge in [0, 0.05) is 26.7 Å². The molecule has 5 atom stereocenters. The Morgan fingerprint density at radius 1 is 1.08 bits per heavy atom. The van der Waals surface area contributed by atoms with Crippen molar-refractivity contribution in [2.24, 2.45) is 0 Å². The van der Waals surface area contributed by atoms with Crippen LogP contribution in [0.25, 0.3) is 0 Å². The molecule has 1 rings (SSSR count). The molecule has 1 fully saturated rings. The van der Waals surface area contributed by atoms with Gasteiger partial charge in [-0.3, -0.25) is 4.79 Å². The van der Waals surface area contributed by atoms with Crippen LogP contribution < -0.4 is 5.32 Å². The van der Waals surface area contributed by atoms with E-state index in [0.717, 1.165) is 45.3 Å².